The molecule has 0 saturated heterocycles. The number of phosphoric acid groups is 1. The lowest BCUT2D eigenvalue weighted by Gasteiger charge is -2.18. The van der Waals surface area contributed by atoms with Crippen LogP contribution in [0.1, 0.15) is 194 Å². The first kappa shape index (κ1) is 50.0. The fourth-order valence-electron chi connectivity index (χ4n) is 5.68. The largest absolute Gasteiger partial charge is 0.469 e. The van der Waals surface area contributed by atoms with E-state index in [4.69, 9.17) is 19.3 Å². The Hall–Kier alpha value is -1.99. The zero-order valence-corrected chi connectivity index (χ0v) is 34.1. The predicted octanol–water partition coefficient (Wildman–Crippen LogP) is 12.7. The second kappa shape index (κ2) is 38.7. The van der Waals surface area contributed by atoms with E-state index < -0.39 is 32.5 Å². The summed E-state index contributed by atoms with van der Waals surface area (Å²) in [4.78, 5) is 42.8. The van der Waals surface area contributed by atoms with Crippen molar-refractivity contribution >= 4 is 19.8 Å². The normalized spacial score (nSPS) is 12.9. The highest BCUT2D eigenvalue weighted by Crippen LogP contribution is 2.36. The molecule has 0 fully saturated rings. The van der Waals surface area contributed by atoms with Crippen LogP contribution < -0.4 is 0 Å². The van der Waals surface area contributed by atoms with E-state index in [9.17, 15) is 14.2 Å². The molecule has 0 amide bonds. The molecule has 2 N–H and O–H groups in total. The van der Waals surface area contributed by atoms with Gasteiger partial charge in [0.15, 0.2) is 6.10 Å². The van der Waals surface area contributed by atoms with Gasteiger partial charge in [-0.3, -0.25) is 14.1 Å². The van der Waals surface area contributed by atoms with Gasteiger partial charge >= 0.3 is 19.8 Å². The monoisotopic (exact) mass is 753 g/mol. The zero-order chi connectivity index (χ0) is 38.2. The van der Waals surface area contributed by atoms with Gasteiger partial charge in [0.05, 0.1) is 6.61 Å². The van der Waals surface area contributed by atoms with Gasteiger partial charge in [-0.25, -0.2) is 4.57 Å². The number of rotatable bonds is 38. The summed E-state index contributed by atoms with van der Waals surface area (Å²) in [5.74, 6) is -0.946. The van der Waals surface area contributed by atoms with Crippen LogP contribution in [0.3, 0.4) is 0 Å². The lowest BCUT2D eigenvalue weighted by molar-refractivity contribution is -0.161. The number of carbonyl (C=O) groups is 2. The standard InChI is InChI=1S/C43H77O8P/c1-3-5-7-9-11-13-15-17-19-21-23-25-27-29-31-33-35-37-42(44)49-39-41(40-50-52(46,47)48)51-43(45)38-36-34-32-30-28-26-24-22-20-18-16-14-12-10-8-6-4-2/h12,14,18,20,23,25,29,31,41H,3-11,13,15-17,19,21-22,24,26-28,30,32-40H2,1-2H3,(H2,46,47,48)/b14-12+,20-18+,25-23+,31-29+/t41-/m1/s1. The highest BCUT2D eigenvalue weighted by Gasteiger charge is 2.22. The molecular formula is C43H77O8P. The fourth-order valence-corrected chi connectivity index (χ4v) is 6.04. The first-order valence-electron chi connectivity index (χ1n) is 20.9. The van der Waals surface area contributed by atoms with Crippen LogP contribution in [0.15, 0.2) is 48.6 Å². The molecule has 0 unspecified atom stereocenters. The van der Waals surface area contributed by atoms with E-state index in [1.807, 2.05) is 0 Å². The van der Waals surface area contributed by atoms with E-state index in [0.29, 0.717) is 12.8 Å². The van der Waals surface area contributed by atoms with E-state index >= 15 is 0 Å². The Morgan fingerprint density at radius 3 is 1.37 bits per heavy atom. The minimum absolute atomic E-state index is 0.193. The second-order valence-electron chi connectivity index (χ2n) is 14.0. The number of carbonyl (C=O) groups excluding carboxylic acids is 2. The minimum atomic E-state index is -4.77. The Labute approximate surface area is 318 Å². The third-order valence-electron chi connectivity index (χ3n) is 8.82. The van der Waals surface area contributed by atoms with Crippen LogP contribution in [-0.2, 0) is 28.2 Å². The van der Waals surface area contributed by atoms with Gasteiger partial charge < -0.3 is 19.3 Å². The molecule has 0 radical (unpaired) electrons. The van der Waals surface area contributed by atoms with Gasteiger partial charge in [0.25, 0.3) is 0 Å². The topological polar surface area (TPSA) is 119 Å². The summed E-state index contributed by atoms with van der Waals surface area (Å²) in [6.45, 7) is 3.62. The van der Waals surface area contributed by atoms with Gasteiger partial charge in [0, 0.05) is 12.8 Å². The highest BCUT2D eigenvalue weighted by atomic mass is 31.2. The first-order valence-corrected chi connectivity index (χ1v) is 22.5. The highest BCUT2D eigenvalue weighted by molar-refractivity contribution is 7.46. The number of hydrogen-bond donors (Lipinski definition) is 2. The van der Waals surface area contributed by atoms with E-state index in [1.165, 1.54) is 103 Å². The van der Waals surface area contributed by atoms with Crippen molar-refractivity contribution in [2.45, 2.75) is 200 Å². The molecule has 0 aromatic rings. The molecule has 0 aliphatic carbocycles. The van der Waals surface area contributed by atoms with Gasteiger partial charge in [-0.1, -0.05) is 159 Å². The average molecular weight is 753 g/mol. The third-order valence-corrected chi connectivity index (χ3v) is 9.31. The Balaban J connectivity index is 4.00. The van der Waals surface area contributed by atoms with Crippen LogP contribution in [0.4, 0.5) is 0 Å². The van der Waals surface area contributed by atoms with Gasteiger partial charge in [-0.15, -0.1) is 0 Å². The molecule has 0 rings (SSSR count). The number of hydrogen-bond acceptors (Lipinski definition) is 6. The van der Waals surface area contributed by atoms with E-state index in [0.717, 1.165) is 51.4 Å². The maximum absolute atomic E-state index is 12.4. The second-order valence-corrected chi connectivity index (χ2v) is 15.2. The lowest BCUT2D eigenvalue weighted by atomic mass is 10.1. The zero-order valence-electron chi connectivity index (χ0n) is 33.2. The molecule has 52 heavy (non-hydrogen) atoms. The lowest BCUT2D eigenvalue weighted by Crippen LogP contribution is -2.29. The quantitative estimate of drug-likeness (QED) is 0.0277. The Bertz CT molecular complexity index is 984. The van der Waals surface area contributed by atoms with E-state index in [2.05, 4.69) is 67.0 Å². The van der Waals surface area contributed by atoms with Crippen molar-refractivity contribution < 1.29 is 37.9 Å². The van der Waals surface area contributed by atoms with Gasteiger partial charge in [0.2, 0.25) is 0 Å². The minimum Gasteiger partial charge on any atom is -0.462 e. The number of phosphoric ester groups is 1. The molecular weight excluding hydrogens is 675 g/mol. The molecule has 0 aliphatic rings. The molecule has 0 heterocycles. The van der Waals surface area contributed by atoms with Crippen molar-refractivity contribution in [2.24, 2.45) is 0 Å². The summed E-state index contributed by atoms with van der Waals surface area (Å²) < 4.78 is 26.3. The summed E-state index contributed by atoms with van der Waals surface area (Å²) in [7, 11) is -4.77. The molecule has 8 nitrogen and oxygen atoms in total. The molecule has 0 spiro atoms. The Morgan fingerprint density at radius 1 is 0.500 bits per heavy atom. The fraction of sp³-hybridized carbons (Fsp3) is 0.767. The average Bonchev–Trinajstić information content (AvgIpc) is 3.11. The summed E-state index contributed by atoms with van der Waals surface area (Å²) in [6, 6.07) is 0. The molecule has 0 aliphatic heterocycles. The predicted molar refractivity (Wildman–Crippen MR) is 216 cm³/mol. The summed E-state index contributed by atoms with van der Waals surface area (Å²) in [6.07, 6.45) is 46.9. The summed E-state index contributed by atoms with van der Waals surface area (Å²) in [5.41, 5.74) is 0. The number of unbranched alkanes of at least 4 members (excludes halogenated alkanes) is 20. The maximum atomic E-state index is 12.4. The molecule has 0 aromatic heterocycles. The summed E-state index contributed by atoms with van der Waals surface area (Å²) in [5, 5.41) is 0. The number of esters is 2. The molecule has 1 atom stereocenters. The van der Waals surface area contributed by atoms with E-state index in [1.54, 1.807) is 0 Å². The van der Waals surface area contributed by atoms with Crippen molar-refractivity contribution in [1.29, 1.82) is 0 Å². The van der Waals surface area contributed by atoms with Crippen LogP contribution in [-0.4, -0.2) is 41.0 Å². The van der Waals surface area contributed by atoms with Crippen molar-refractivity contribution in [3.8, 4) is 0 Å². The Kier molecular flexibility index (Phi) is 37.2. The third kappa shape index (κ3) is 40.8. The van der Waals surface area contributed by atoms with Crippen molar-refractivity contribution in [3.05, 3.63) is 48.6 Å². The van der Waals surface area contributed by atoms with Crippen molar-refractivity contribution in [1.82, 2.24) is 0 Å². The van der Waals surface area contributed by atoms with Gasteiger partial charge in [-0.05, 0) is 70.6 Å². The van der Waals surface area contributed by atoms with Crippen molar-refractivity contribution in [3.63, 3.8) is 0 Å². The van der Waals surface area contributed by atoms with Crippen LogP contribution >= 0.6 is 7.82 Å². The SMILES string of the molecule is CCCCC/C=C/C/C=C/CCCCCCCCCC(=O)O[C@H](COC(=O)CCC/C=C/C/C=C/CCCCCCCCCCC)COP(=O)(O)O. The van der Waals surface area contributed by atoms with Crippen LogP contribution in [0.25, 0.3) is 0 Å². The van der Waals surface area contributed by atoms with Crippen LogP contribution in [0, 0.1) is 0 Å². The molecule has 0 bridgehead atoms. The van der Waals surface area contributed by atoms with E-state index in [-0.39, 0.29) is 19.4 Å². The molecule has 0 saturated carbocycles. The molecule has 302 valence electrons. The van der Waals surface area contributed by atoms with Crippen molar-refractivity contribution in [2.75, 3.05) is 13.2 Å². The van der Waals surface area contributed by atoms with Gasteiger partial charge in [-0.2, -0.15) is 0 Å². The van der Waals surface area contributed by atoms with Crippen LogP contribution in [0.5, 0.6) is 0 Å². The Morgan fingerprint density at radius 2 is 0.885 bits per heavy atom. The molecule has 9 heteroatoms. The first-order chi connectivity index (χ1) is 25.3. The number of allylic oxidation sites excluding steroid dienone is 8. The maximum Gasteiger partial charge on any atom is 0.469 e. The summed E-state index contributed by atoms with van der Waals surface area (Å²) >= 11 is 0. The van der Waals surface area contributed by atoms with Gasteiger partial charge in [0.1, 0.15) is 6.61 Å². The van der Waals surface area contributed by atoms with Crippen LogP contribution in [0.2, 0.25) is 0 Å². The number of ether oxygens (including phenoxy) is 2. The smallest absolute Gasteiger partial charge is 0.462 e. The molecule has 0 aromatic carbocycles.